The summed E-state index contributed by atoms with van der Waals surface area (Å²) in [6.07, 6.45) is 1.09. The monoisotopic (exact) mass is 282 g/mol. The Morgan fingerprint density at radius 3 is 2.94 bits per heavy atom. The van der Waals surface area contributed by atoms with Gasteiger partial charge in [0.15, 0.2) is 5.13 Å². The minimum Gasteiger partial charge on any atom is -0.383 e. The number of thiazole rings is 1. The number of anilines is 1. The molecule has 0 unspecified atom stereocenters. The first-order valence-electron chi connectivity index (χ1n) is 6.03. The van der Waals surface area contributed by atoms with Crippen LogP contribution < -0.4 is 5.32 Å². The molecule has 0 radical (unpaired) electrons. The fraction of sp³-hybridized carbons (Fsp3) is 0.462. The number of ether oxygens (including phenoxy) is 1. The van der Waals surface area contributed by atoms with E-state index in [1.165, 1.54) is 9.75 Å². The first-order valence-corrected chi connectivity index (χ1v) is 7.72. The molecule has 0 aromatic carbocycles. The highest BCUT2D eigenvalue weighted by molar-refractivity contribution is 7.17. The van der Waals surface area contributed by atoms with E-state index in [9.17, 15) is 0 Å². The quantitative estimate of drug-likeness (QED) is 0.873. The van der Waals surface area contributed by atoms with Crippen molar-refractivity contribution < 1.29 is 4.74 Å². The molecule has 0 bridgehead atoms. The van der Waals surface area contributed by atoms with Crippen LogP contribution in [0.25, 0.3) is 10.6 Å². The molecule has 5 heteroatoms. The second kappa shape index (κ2) is 6.31. The molecule has 0 saturated heterocycles. The highest BCUT2D eigenvalue weighted by Crippen LogP contribution is 2.31. The van der Waals surface area contributed by atoms with E-state index >= 15 is 0 Å². The molecule has 0 aliphatic heterocycles. The van der Waals surface area contributed by atoms with Gasteiger partial charge in [0.2, 0.25) is 0 Å². The fourth-order valence-corrected chi connectivity index (χ4v) is 3.47. The lowest BCUT2D eigenvalue weighted by Crippen LogP contribution is -2.20. The average Bonchev–Trinajstić information content (AvgIpc) is 2.96. The van der Waals surface area contributed by atoms with Gasteiger partial charge in [-0.2, -0.15) is 0 Å². The molecular formula is C13H18N2OS2. The number of aromatic nitrogens is 1. The van der Waals surface area contributed by atoms with Crippen molar-refractivity contribution in [3.63, 3.8) is 0 Å². The van der Waals surface area contributed by atoms with E-state index in [4.69, 9.17) is 4.74 Å². The Bertz CT molecular complexity index is 493. The van der Waals surface area contributed by atoms with Crippen LogP contribution in [0.5, 0.6) is 0 Å². The molecule has 0 spiro atoms. The number of methoxy groups -OCH3 is 1. The van der Waals surface area contributed by atoms with Crippen LogP contribution in [0.3, 0.4) is 0 Å². The maximum atomic E-state index is 5.10. The molecule has 0 aliphatic carbocycles. The molecule has 98 valence electrons. The van der Waals surface area contributed by atoms with Gasteiger partial charge in [0.25, 0.3) is 0 Å². The zero-order chi connectivity index (χ0) is 13.0. The predicted octanol–water partition coefficient (Wildman–Crippen LogP) is 3.88. The smallest absolute Gasteiger partial charge is 0.183 e. The molecule has 2 rings (SSSR count). The van der Waals surface area contributed by atoms with Crippen molar-refractivity contribution in [3.05, 3.63) is 22.4 Å². The van der Waals surface area contributed by atoms with Gasteiger partial charge >= 0.3 is 0 Å². The number of nitrogens with one attached hydrogen (secondary N) is 1. The second-order valence-electron chi connectivity index (χ2n) is 4.16. The van der Waals surface area contributed by atoms with Crippen molar-refractivity contribution >= 4 is 27.8 Å². The van der Waals surface area contributed by atoms with Crippen molar-refractivity contribution in [2.24, 2.45) is 0 Å². The summed E-state index contributed by atoms with van der Waals surface area (Å²) < 4.78 is 5.10. The van der Waals surface area contributed by atoms with E-state index in [1.54, 1.807) is 18.4 Å². The molecular weight excluding hydrogens is 264 g/mol. The molecule has 18 heavy (non-hydrogen) atoms. The SMILES string of the molecule is CCc1ccc(-c2csc(N[C@@H](C)COC)n2)s1. The Morgan fingerprint density at radius 2 is 2.28 bits per heavy atom. The number of rotatable bonds is 6. The Morgan fingerprint density at radius 1 is 1.44 bits per heavy atom. The Labute approximate surface area is 116 Å². The van der Waals surface area contributed by atoms with Crippen molar-refractivity contribution in [1.82, 2.24) is 4.98 Å². The highest BCUT2D eigenvalue weighted by Gasteiger charge is 2.09. The first-order chi connectivity index (χ1) is 8.72. The summed E-state index contributed by atoms with van der Waals surface area (Å²) in [6.45, 7) is 4.95. The van der Waals surface area contributed by atoms with E-state index < -0.39 is 0 Å². The number of hydrogen-bond donors (Lipinski definition) is 1. The maximum Gasteiger partial charge on any atom is 0.183 e. The molecule has 2 heterocycles. The highest BCUT2D eigenvalue weighted by atomic mass is 32.1. The summed E-state index contributed by atoms with van der Waals surface area (Å²) in [5.41, 5.74) is 1.07. The van der Waals surface area contributed by atoms with Crippen LogP contribution in [0.1, 0.15) is 18.7 Å². The van der Waals surface area contributed by atoms with Gasteiger partial charge in [0.1, 0.15) is 0 Å². The van der Waals surface area contributed by atoms with Crippen LogP contribution in [0, 0.1) is 0 Å². The zero-order valence-corrected chi connectivity index (χ0v) is 12.5. The lowest BCUT2D eigenvalue weighted by Gasteiger charge is -2.10. The fourth-order valence-electron chi connectivity index (χ4n) is 1.66. The number of hydrogen-bond acceptors (Lipinski definition) is 5. The summed E-state index contributed by atoms with van der Waals surface area (Å²) in [6, 6.07) is 4.62. The van der Waals surface area contributed by atoms with Crippen LogP contribution in [-0.2, 0) is 11.2 Å². The summed E-state index contributed by atoms with van der Waals surface area (Å²) >= 11 is 3.46. The summed E-state index contributed by atoms with van der Waals surface area (Å²) in [5.74, 6) is 0. The maximum absolute atomic E-state index is 5.10. The first kappa shape index (κ1) is 13.5. The van der Waals surface area contributed by atoms with Gasteiger partial charge in [-0.1, -0.05) is 6.92 Å². The topological polar surface area (TPSA) is 34.1 Å². The van der Waals surface area contributed by atoms with Gasteiger partial charge in [-0.05, 0) is 25.5 Å². The largest absolute Gasteiger partial charge is 0.383 e. The van der Waals surface area contributed by atoms with Gasteiger partial charge in [-0.25, -0.2) is 4.98 Å². The second-order valence-corrected chi connectivity index (χ2v) is 6.18. The molecule has 1 N–H and O–H groups in total. The third-order valence-electron chi connectivity index (χ3n) is 2.55. The van der Waals surface area contributed by atoms with Gasteiger partial charge in [0.05, 0.1) is 17.2 Å². The van der Waals surface area contributed by atoms with E-state index in [0.717, 1.165) is 17.2 Å². The summed E-state index contributed by atoms with van der Waals surface area (Å²) in [5, 5.41) is 6.40. The minimum absolute atomic E-state index is 0.281. The summed E-state index contributed by atoms with van der Waals surface area (Å²) in [4.78, 5) is 7.26. The van der Waals surface area contributed by atoms with Crippen LogP contribution >= 0.6 is 22.7 Å². The van der Waals surface area contributed by atoms with E-state index in [1.807, 2.05) is 11.3 Å². The minimum atomic E-state index is 0.281. The standard InChI is InChI=1S/C13H18N2OS2/c1-4-10-5-6-12(18-10)11-8-17-13(15-11)14-9(2)7-16-3/h5-6,8-9H,4,7H2,1-3H3,(H,14,15)/t9-/m0/s1. The molecule has 2 aromatic heterocycles. The predicted molar refractivity (Wildman–Crippen MR) is 79.8 cm³/mol. The van der Waals surface area contributed by atoms with Crippen molar-refractivity contribution in [2.45, 2.75) is 26.3 Å². The van der Waals surface area contributed by atoms with Crippen LogP contribution in [0.4, 0.5) is 5.13 Å². The Balaban J connectivity index is 2.05. The van der Waals surface area contributed by atoms with Crippen molar-refractivity contribution in [1.29, 1.82) is 0 Å². The molecule has 3 nitrogen and oxygen atoms in total. The van der Waals surface area contributed by atoms with Crippen LogP contribution in [0.15, 0.2) is 17.5 Å². The summed E-state index contributed by atoms with van der Waals surface area (Å²) in [7, 11) is 1.71. The molecule has 2 aromatic rings. The lowest BCUT2D eigenvalue weighted by molar-refractivity contribution is 0.190. The van der Waals surface area contributed by atoms with Gasteiger partial charge in [0, 0.05) is 23.4 Å². The molecule has 1 atom stereocenters. The van der Waals surface area contributed by atoms with Crippen molar-refractivity contribution in [2.75, 3.05) is 19.0 Å². The van der Waals surface area contributed by atoms with Crippen molar-refractivity contribution in [3.8, 4) is 10.6 Å². The Kier molecular flexibility index (Phi) is 4.74. The zero-order valence-electron chi connectivity index (χ0n) is 10.9. The van der Waals surface area contributed by atoms with E-state index in [2.05, 4.69) is 41.7 Å². The number of nitrogens with zero attached hydrogens (tertiary/aromatic N) is 1. The molecule has 0 amide bonds. The third-order valence-corrected chi connectivity index (χ3v) is 4.58. The molecule has 0 fully saturated rings. The van der Waals surface area contributed by atoms with Gasteiger partial charge in [-0.15, -0.1) is 22.7 Å². The lowest BCUT2D eigenvalue weighted by atomic mass is 10.3. The van der Waals surface area contributed by atoms with Crippen LogP contribution in [0.2, 0.25) is 0 Å². The van der Waals surface area contributed by atoms with E-state index in [-0.39, 0.29) is 6.04 Å². The average molecular weight is 282 g/mol. The van der Waals surface area contributed by atoms with E-state index in [0.29, 0.717) is 6.61 Å². The van der Waals surface area contributed by atoms with Gasteiger partial charge < -0.3 is 10.1 Å². The molecule has 0 saturated carbocycles. The Hall–Kier alpha value is -0.910. The molecule has 0 aliphatic rings. The van der Waals surface area contributed by atoms with Crippen LogP contribution in [-0.4, -0.2) is 24.7 Å². The van der Waals surface area contributed by atoms with Gasteiger partial charge in [-0.3, -0.25) is 0 Å². The number of thiophene rings is 1. The normalized spacial score (nSPS) is 12.6. The number of aryl methyl sites for hydroxylation is 1. The third kappa shape index (κ3) is 3.31.